The van der Waals surface area contributed by atoms with E-state index in [4.69, 9.17) is 20.9 Å². The zero-order valence-electron chi connectivity index (χ0n) is 40.0. The number of aromatic nitrogens is 3. The zero-order chi connectivity index (χ0) is 50.9. The fraction of sp³-hybridized carbons (Fsp3) is 0.396. The maximum absolute atomic E-state index is 17.2. The molecule has 18 nitrogen and oxygen atoms in total. The molecule has 5 saturated heterocycles. The first-order valence-electron chi connectivity index (χ1n) is 24.5. The number of hydrogen-bond donors (Lipinski definition) is 4. The molecule has 2 aromatic heterocycles. The largest absolute Gasteiger partial charge is 0.508 e. The molecule has 0 saturated carbocycles. The third-order valence-corrected chi connectivity index (χ3v) is 15.2. The third-order valence-electron chi connectivity index (χ3n) is 15.2. The van der Waals surface area contributed by atoms with Crippen LogP contribution in [0.5, 0.6) is 11.8 Å². The van der Waals surface area contributed by atoms with Crippen LogP contribution in [0.1, 0.15) is 77.6 Å². The van der Waals surface area contributed by atoms with Gasteiger partial charge in [0.2, 0.25) is 11.8 Å². The van der Waals surface area contributed by atoms with Crippen LogP contribution in [0, 0.1) is 24.0 Å². The lowest BCUT2D eigenvalue weighted by molar-refractivity contribution is -0.136. The Morgan fingerprint density at radius 3 is 2.64 bits per heavy atom. The van der Waals surface area contributed by atoms with Crippen LogP contribution in [0.15, 0.2) is 60.8 Å². The number of aromatic hydroxyl groups is 1. The molecule has 20 heteroatoms. The Kier molecular flexibility index (Phi) is 12.2. The van der Waals surface area contributed by atoms with Crippen molar-refractivity contribution in [3.05, 3.63) is 89.1 Å². The van der Waals surface area contributed by atoms with Crippen molar-refractivity contribution >= 4 is 62.9 Å². The van der Waals surface area contributed by atoms with Gasteiger partial charge in [-0.15, -0.1) is 6.42 Å². The number of rotatable bonds is 13. The number of pyridine rings is 1. The van der Waals surface area contributed by atoms with Gasteiger partial charge >= 0.3 is 12.1 Å². The van der Waals surface area contributed by atoms with E-state index in [2.05, 4.69) is 48.2 Å². The number of terminal acetylenes is 1. The number of fused-ring (bicyclic) bond motifs is 6. The number of carbonyl (C=O) groups excluding carboxylic acids is 5. The van der Waals surface area contributed by atoms with Gasteiger partial charge < -0.3 is 35.0 Å². The van der Waals surface area contributed by atoms with Crippen molar-refractivity contribution in [2.24, 2.45) is 0 Å². The molecule has 5 amide bonds. The second kappa shape index (κ2) is 18.7. The first kappa shape index (κ1) is 47.6. The van der Waals surface area contributed by atoms with E-state index in [0.717, 1.165) is 23.3 Å². The van der Waals surface area contributed by atoms with Crippen LogP contribution >= 0.6 is 0 Å². The van der Waals surface area contributed by atoms with E-state index in [9.17, 15) is 29.1 Å². The summed E-state index contributed by atoms with van der Waals surface area (Å²) in [5.41, 5.74) is 1.00. The first-order valence-corrected chi connectivity index (χ1v) is 24.5. The number of phenolic OH excluding ortho intramolecular Hbond substituents is 1. The fourth-order valence-electron chi connectivity index (χ4n) is 11.8. The molecule has 6 aliphatic heterocycles. The number of anilines is 2. The Morgan fingerprint density at radius 1 is 1.05 bits per heavy atom. The van der Waals surface area contributed by atoms with E-state index in [0.29, 0.717) is 80.7 Å². The van der Waals surface area contributed by atoms with Gasteiger partial charge in [-0.3, -0.25) is 39.3 Å². The van der Waals surface area contributed by atoms with Gasteiger partial charge in [-0.25, -0.2) is 13.6 Å². The maximum Gasteiger partial charge on any atom is 0.409 e. The number of amides is 5. The number of nitrogens with zero attached hydrogens (tertiary/aromatic N) is 7. The second-order valence-electron chi connectivity index (χ2n) is 19.9. The SMILES string of the molecule is C#Cc1c(F)ccc2cc(O)cc(-c3ncc4c(N5CC6CCC(C5)N6)nc(OC[C@@]56CC[C@@H](COC(=O)N(C)CCCNc7cccc8c7C(=O)N(C7CCC(=O)NC7=O)C8=O)N5CC(=C)C6)nc4c3F)c12. The van der Waals surface area contributed by atoms with E-state index in [1.54, 1.807) is 19.2 Å². The monoisotopic (exact) mass is 994 g/mol. The molecule has 5 atom stereocenters. The van der Waals surface area contributed by atoms with E-state index in [1.165, 1.54) is 41.4 Å². The highest BCUT2D eigenvalue weighted by Gasteiger charge is 2.52. The molecule has 11 rings (SSSR count). The van der Waals surface area contributed by atoms with Gasteiger partial charge in [0.25, 0.3) is 11.8 Å². The van der Waals surface area contributed by atoms with E-state index >= 15 is 8.78 Å². The Hall–Kier alpha value is -7.76. The Morgan fingerprint density at radius 2 is 1.86 bits per heavy atom. The molecule has 2 bridgehead atoms. The summed E-state index contributed by atoms with van der Waals surface area (Å²) in [5, 5.41) is 20.8. The molecule has 4 N–H and O–H groups in total. The highest BCUT2D eigenvalue weighted by molar-refractivity contribution is 6.25. The van der Waals surface area contributed by atoms with E-state index in [1.807, 2.05) is 0 Å². The molecule has 3 unspecified atom stereocenters. The van der Waals surface area contributed by atoms with Crippen molar-refractivity contribution in [3.8, 4) is 35.4 Å². The molecule has 0 aliphatic carbocycles. The number of piperidine rings is 1. The Bertz CT molecular complexity index is 3230. The van der Waals surface area contributed by atoms with Gasteiger partial charge in [-0.2, -0.15) is 9.97 Å². The minimum absolute atomic E-state index is 0.0213. The Labute approximate surface area is 418 Å². The van der Waals surface area contributed by atoms with Crippen LogP contribution in [0.25, 0.3) is 32.9 Å². The summed E-state index contributed by atoms with van der Waals surface area (Å²) in [4.78, 5) is 85.3. The summed E-state index contributed by atoms with van der Waals surface area (Å²) in [5.74, 6) is -1.14. The Balaban J connectivity index is 0.761. The van der Waals surface area contributed by atoms with Crippen molar-refractivity contribution in [3.63, 3.8) is 0 Å². The average Bonchev–Trinajstić information content (AvgIpc) is 4.08. The predicted octanol–water partition coefficient (Wildman–Crippen LogP) is 5.26. The maximum atomic E-state index is 17.2. The summed E-state index contributed by atoms with van der Waals surface area (Å²) in [7, 11) is 1.64. The normalized spacial score (nSPS) is 23.5. The minimum atomic E-state index is -1.07. The lowest BCUT2D eigenvalue weighted by Crippen LogP contribution is -2.54. The van der Waals surface area contributed by atoms with Crippen LogP contribution < -0.4 is 25.6 Å². The molecule has 6 aliphatic rings. The summed E-state index contributed by atoms with van der Waals surface area (Å²) in [6, 6.07) is 9.46. The topological polar surface area (TPSA) is 212 Å². The number of imide groups is 2. The van der Waals surface area contributed by atoms with E-state index < -0.39 is 52.9 Å². The number of hydrogen-bond acceptors (Lipinski definition) is 15. The molecule has 73 heavy (non-hydrogen) atoms. The highest BCUT2D eigenvalue weighted by Crippen LogP contribution is 2.45. The molecule has 0 radical (unpaired) electrons. The summed E-state index contributed by atoms with van der Waals surface area (Å²) in [6.45, 7) is 7.05. The minimum Gasteiger partial charge on any atom is -0.508 e. The van der Waals surface area contributed by atoms with Gasteiger partial charge in [0.1, 0.15) is 47.9 Å². The van der Waals surface area contributed by atoms with Crippen LogP contribution in [-0.2, 0) is 14.3 Å². The molecule has 8 heterocycles. The van der Waals surface area contributed by atoms with Gasteiger partial charge in [-0.1, -0.05) is 30.2 Å². The summed E-state index contributed by atoms with van der Waals surface area (Å²) < 4.78 is 44.7. The second-order valence-corrected chi connectivity index (χ2v) is 19.9. The van der Waals surface area contributed by atoms with Crippen LogP contribution in [0.3, 0.4) is 0 Å². The molecular formula is C53H52F2N10O8. The number of ether oxygens (including phenoxy) is 2. The smallest absolute Gasteiger partial charge is 0.409 e. The number of phenols is 1. The molecule has 5 aromatic rings. The average molecular weight is 995 g/mol. The molecular weight excluding hydrogens is 943 g/mol. The molecule has 0 spiro atoms. The van der Waals surface area contributed by atoms with Crippen LogP contribution in [-0.4, -0.2) is 147 Å². The standard InChI is InChI=1S/C53H52F2N10O8/c1-4-34-38(54)12-9-29-19-33(66)20-36(42(29)34)45-44(55)46-37(22-57-45)47(63-24-30-10-11-31(25-63)58-30)61-51(60-46)73-27-53-16-15-32(64(53)23-28(2)21-53)26-72-52(71)62(3)18-6-17-56-39-8-5-7-35-43(39)50(70)65(49(35)69)40-13-14-41(67)59-48(40)68/h1,5,7-9,12,19-20,22,30-32,40,56,58,66H,2,6,10-11,13-18,21,23-27H2,3H3,(H,59,67,68)/t30?,31?,32-,40?,53-/m0/s1. The number of halogens is 2. The molecule has 376 valence electrons. The van der Waals surface area contributed by atoms with Crippen molar-refractivity contribution in [1.29, 1.82) is 0 Å². The lowest BCUT2D eigenvalue weighted by atomic mass is 9.94. The van der Waals surface area contributed by atoms with Crippen LogP contribution in [0.2, 0.25) is 0 Å². The van der Waals surface area contributed by atoms with Gasteiger partial charge in [0, 0.05) is 87.2 Å². The third kappa shape index (κ3) is 8.49. The fourth-order valence-corrected chi connectivity index (χ4v) is 11.8. The summed E-state index contributed by atoms with van der Waals surface area (Å²) in [6.07, 6.45) is 11.3. The quantitative estimate of drug-likeness (QED) is 0.0513. The number of carbonyl (C=O) groups is 5. The molecule has 5 fully saturated rings. The van der Waals surface area contributed by atoms with Crippen LogP contribution in [0.4, 0.5) is 25.1 Å². The number of benzene rings is 3. The summed E-state index contributed by atoms with van der Waals surface area (Å²) >= 11 is 0. The van der Waals surface area contributed by atoms with Crippen molar-refractivity contribution < 1.29 is 47.3 Å². The number of nitrogens with one attached hydrogen (secondary N) is 3. The van der Waals surface area contributed by atoms with Crippen molar-refractivity contribution in [1.82, 2.24) is 40.3 Å². The van der Waals surface area contributed by atoms with Crippen molar-refractivity contribution in [2.45, 2.75) is 81.1 Å². The number of piperazine rings is 1. The first-order chi connectivity index (χ1) is 35.2. The highest BCUT2D eigenvalue weighted by atomic mass is 19.1. The van der Waals surface area contributed by atoms with Gasteiger partial charge in [0.15, 0.2) is 5.82 Å². The zero-order valence-corrected chi connectivity index (χ0v) is 40.0. The molecule has 3 aromatic carbocycles. The predicted molar refractivity (Wildman–Crippen MR) is 264 cm³/mol. The van der Waals surface area contributed by atoms with Gasteiger partial charge in [-0.05, 0) is 80.7 Å². The lowest BCUT2D eigenvalue weighted by Gasteiger charge is -2.35. The van der Waals surface area contributed by atoms with Gasteiger partial charge in [0.05, 0.1) is 27.6 Å². The van der Waals surface area contributed by atoms with E-state index in [-0.39, 0.29) is 94.8 Å². The van der Waals surface area contributed by atoms with Crippen molar-refractivity contribution in [2.75, 3.05) is 63.2 Å².